The molecule has 18 heavy (non-hydrogen) atoms. The van der Waals surface area contributed by atoms with Gasteiger partial charge in [0.1, 0.15) is 10.3 Å². The predicted molar refractivity (Wildman–Crippen MR) is 53.2 cm³/mol. The summed E-state index contributed by atoms with van der Waals surface area (Å²) in [6, 6.07) is 0.320. The van der Waals surface area contributed by atoms with Crippen LogP contribution in [0.25, 0.3) is 0 Å². The summed E-state index contributed by atoms with van der Waals surface area (Å²) in [5.74, 6) is -1.51. The molecule has 1 aromatic rings. The number of pyridine rings is 1. The molecule has 3 nitrogen and oxygen atoms in total. The van der Waals surface area contributed by atoms with Crippen molar-refractivity contribution in [2.45, 2.75) is 19.0 Å². The second kappa shape index (κ2) is 5.17. The summed E-state index contributed by atoms with van der Waals surface area (Å²) >= 11 is 2.50. The van der Waals surface area contributed by atoms with Gasteiger partial charge in [-0.05, 0) is 27.6 Å². The minimum Gasteiger partial charge on any atom is -0.481 e. The average molecular weight is 334 g/mol. The molecule has 0 aliphatic carbocycles. The van der Waals surface area contributed by atoms with Crippen LogP contribution in [0.4, 0.5) is 22.0 Å². The van der Waals surface area contributed by atoms with Crippen LogP contribution in [0.15, 0.2) is 10.7 Å². The summed E-state index contributed by atoms with van der Waals surface area (Å²) < 4.78 is 61.7. The largest absolute Gasteiger partial charge is 0.481 e. The van der Waals surface area contributed by atoms with Gasteiger partial charge in [-0.15, -0.1) is 0 Å². The van der Waals surface area contributed by atoms with Crippen LogP contribution in [0.2, 0.25) is 0 Å². The molecule has 0 saturated carbocycles. The molecule has 100 valence electrons. The van der Waals surface area contributed by atoms with E-state index in [0.29, 0.717) is 6.07 Å². The van der Waals surface area contributed by atoms with Crippen LogP contribution in [0.5, 0.6) is 0 Å². The van der Waals surface area contributed by atoms with Crippen LogP contribution in [0, 0.1) is 0 Å². The van der Waals surface area contributed by atoms with E-state index in [-0.39, 0.29) is 0 Å². The van der Waals surface area contributed by atoms with Gasteiger partial charge < -0.3 is 5.11 Å². The van der Waals surface area contributed by atoms with E-state index in [1.807, 2.05) is 0 Å². The number of nitrogens with zero attached hydrogens (tertiary/aromatic N) is 1. The third-order valence-electron chi connectivity index (χ3n) is 1.95. The highest BCUT2D eigenvalue weighted by Gasteiger charge is 2.35. The van der Waals surface area contributed by atoms with Gasteiger partial charge in [-0.2, -0.15) is 13.2 Å². The number of alkyl halides is 5. The number of carboxylic acids is 1. The van der Waals surface area contributed by atoms with Gasteiger partial charge in [0, 0.05) is 0 Å². The molecule has 0 bridgehead atoms. The molecule has 1 rings (SSSR count). The zero-order chi connectivity index (χ0) is 14.1. The van der Waals surface area contributed by atoms with E-state index in [9.17, 15) is 26.7 Å². The first-order valence-corrected chi connectivity index (χ1v) is 5.18. The van der Waals surface area contributed by atoms with Gasteiger partial charge in [0.05, 0.1) is 12.0 Å². The van der Waals surface area contributed by atoms with Gasteiger partial charge in [-0.3, -0.25) is 4.79 Å². The predicted octanol–water partition coefficient (Wildman–Crippen LogP) is 3.43. The van der Waals surface area contributed by atoms with Gasteiger partial charge in [0.15, 0.2) is 0 Å². The normalized spacial score (nSPS) is 11.9. The number of carboxylic acid groups (broad SMARTS) is 1. The summed E-state index contributed by atoms with van der Waals surface area (Å²) in [7, 11) is 0. The van der Waals surface area contributed by atoms with Gasteiger partial charge in [0.2, 0.25) is 0 Å². The maximum absolute atomic E-state index is 12.6. The lowest BCUT2D eigenvalue weighted by Crippen LogP contribution is -2.13. The highest BCUT2D eigenvalue weighted by Crippen LogP contribution is 2.35. The smallest absolute Gasteiger partial charge is 0.433 e. The van der Waals surface area contributed by atoms with Crippen LogP contribution in [0.3, 0.4) is 0 Å². The minimum atomic E-state index is -4.84. The molecule has 0 aliphatic rings. The topological polar surface area (TPSA) is 50.2 Å². The fourth-order valence-corrected chi connectivity index (χ4v) is 1.88. The average Bonchev–Trinajstić information content (AvgIpc) is 2.13. The molecule has 0 aromatic carbocycles. The van der Waals surface area contributed by atoms with Crippen molar-refractivity contribution in [3.05, 3.63) is 27.5 Å². The number of hydrogen-bond donors (Lipinski definition) is 1. The maximum atomic E-state index is 12.6. The SMILES string of the molecule is O=C(O)Cc1cc(C(F)(F)F)nc(Br)c1C(F)F. The Bertz CT molecular complexity index is 475. The Labute approximate surface area is 106 Å². The van der Waals surface area contributed by atoms with Crippen LogP contribution >= 0.6 is 15.9 Å². The Morgan fingerprint density at radius 3 is 2.39 bits per heavy atom. The number of rotatable bonds is 3. The van der Waals surface area contributed by atoms with Gasteiger partial charge in [-0.1, -0.05) is 0 Å². The summed E-state index contributed by atoms with van der Waals surface area (Å²) in [4.78, 5) is 13.4. The number of halogens is 6. The van der Waals surface area contributed by atoms with E-state index in [1.165, 1.54) is 0 Å². The third kappa shape index (κ3) is 3.37. The van der Waals surface area contributed by atoms with E-state index in [1.54, 1.807) is 0 Å². The van der Waals surface area contributed by atoms with E-state index in [0.717, 1.165) is 0 Å². The van der Waals surface area contributed by atoms with E-state index in [2.05, 4.69) is 20.9 Å². The quantitative estimate of drug-likeness (QED) is 0.681. The molecule has 0 radical (unpaired) electrons. The maximum Gasteiger partial charge on any atom is 0.433 e. The molecule has 1 heterocycles. The molecular weight excluding hydrogens is 329 g/mol. The van der Waals surface area contributed by atoms with Crippen LogP contribution in [-0.2, 0) is 17.4 Å². The first kappa shape index (κ1) is 14.8. The van der Waals surface area contributed by atoms with Crippen LogP contribution in [0.1, 0.15) is 23.2 Å². The first-order valence-electron chi connectivity index (χ1n) is 4.39. The van der Waals surface area contributed by atoms with Crippen LogP contribution in [-0.4, -0.2) is 16.1 Å². The lowest BCUT2D eigenvalue weighted by molar-refractivity contribution is -0.142. The molecular formula is C9H5BrF5NO2. The van der Waals surface area contributed by atoms with Crippen LogP contribution < -0.4 is 0 Å². The summed E-state index contributed by atoms with van der Waals surface area (Å²) in [6.45, 7) is 0. The Morgan fingerprint density at radius 1 is 1.44 bits per heavy atom. The van der Waals surface area contributed by atoms with Gasteiger partial charge in [-0.25, -0.2) is 13.8 Å². The molecule has 0 aliphatic heterocycles. The van der Waals surface area contributed by atoms with E-state index < -0.39 is 46.4 Å². The van der Waals surface area contributed by atoms with E-state index in [4.69, 9.17) is 5.11 Å². The molecule has 9 heteroatoms. The van der Waals surface area contributed by atoms with Crippen molar-refractivity contribution in [1.29, 1.82) is 0 Å². The van der Waals surface area contributed by atoms with Gasteiger partial charge >= 0.3 is 12.1 Å². The molecule has 0 atom stereocenters. The number of aromatic nitrogens is 1. The summed E-state index contributed by atoms with van der Waals surface area (Å²) in [5.41, 5.74) is -2.88. The Balaban J connectivity index is 3.42. The number of hydrogen-bond acceptors (Lipinski definition) is 2. The second-order valence-electron chi connectivity index (χ2n) is 3.24. The van der Waals surface area contributed by atoms with Crippen molar-refractivity contribution in [1.82, 2.24) is 4.98 Å². The molecule has 0 amide bonds. The monoisotopic (exact) mass is 333 g/mol. The van der Waals surface area contributed by atoms with Crippen molar-refractivity contribution in [2.75, 3.05) is 0 Å². The number of aliphatic carboxylic acids is 1. The zero-order valence-corrected chi connectivity index (χ0v) is 10.0. The lowest BCUT2D eigenvalue weighted by atomic mass is 10.1. The van der Waals surface area contributed by atoms with Crippen molar-refractivity contribution in [3.8, 4) is 0 Å². The molecule has 1 N–H and O–H groups in total. The Hall–Kier alpha value is -1.25. The third-order valence-corrected chi connectivity index (χ3v) is 2.55. The molecule has 0 unspecified atom stereocenters. The van der Waals surface area contributed by atoms with Crippen molar-refractivity contribution < 1.29 is 31.9 Å². The summed E-state index contributed by atoms with van der Waals surface area (Å²) in [6.07, 6.45) is -8.90. The number of carbonyl (C=O) groups is 1. The molecule has 0 fully saturated rings. The van der Waals surface area contributed by atoms with Crippen molar-refractivity contribution in [3.63, 3.8) is 0 Å². The molecule has 1 aromatic heterocycles. The fourth-order valence-electron chi connectivity index (χ4n) is 1.26. The summed E-state index contributed by atoms with van der Waals surface area (Å²) in [5, 5.41) is 8.50. The second-order valence-corrected chi connectivity index (χ2v) is 3.99. The molecule has 0 spiro atoms. The standard InChI is InChI=1S/C9H5BrF5NO2/c10-7-6(8(11)12)3(2-5(17)18)1-4(16-7)9(13,14)15/h1,8H,2H2,(H,17,18). The highest BCUT2D eigenvalue weighted by molar-refractivity contribution is 9.10. The van der Waals surface area contributed by atoms with Crippen molar-refractivity contribution in [2.24, 2.45) is 0 Å². The van der Waals surface area contributed by atoms with Gasteiger partial charge in [0.25, 0.3) is 6.43 Å². The fraction of sp³-hybridized carbons (Fsp3) is 0.333. The van der Waals surface area contributed by atoms with Crippen molar-refractivity contribution >= 4 is 21.9 Å². The zero-order valence-electron chi connectivity index (χ0n) is 8.43. The minimum absolute atomic E-state index is 0.320. The lowest BCUT2D eigenvalue weighted by Gasteiger charge is -2.13. The highest BCUT2D eigenvalue weighted by atomic mass is 79.9. The Kier molecular flexibility index (Phi) is 4.25. The first-order chi connectivity index (χ1) is 8.12. The Morgan fingerprint density at radius 2 is 2.00 bits per heavy atom. The molecule has 0 saturated heterocycles. The van der Waals surface area contributed by atoms with E-state index >= 15 is 0 Å².